The van der Waals surface area contributed by atoms with E-state index in [9.17, 15) is 4.79 Å². The van der Waals surface area contributed by atoms with Crippen LogP contribution in [0.4, 0.5) is 5.69 Å². The summed E-state index contributed by atoms with van der Waals surface area (Å²) in [6.45, 7) is 2.50. The van der Waals surface area contributed by atoms with E-state index in [1.165, 1.54) is 12.0 Å². The molecule has 0 fully saturated rings. The maximum Gasteiger partial charge on any atom is 0.251 e. The number of rotatable bonds is 5. The van der Waals surface area contributed by atoms with E-state index in [1.807, 2.05) is 6.20 Å². The fourth-order valence-electron chi connectivity index (χ4n) is 1.72. The van der Waals surface area contributed by atoms with Crippen LogP contribution in [0.1, 0.15) is 27.2 Å². The van der Waals surface area contributed by atoms with Crippen LogP contribution in [0.3, 0.4) is 0 Å². The maximum atomic E-state index is 12.1. The molecule has 1 amide bonds. The van der Waals surface area contributed by atoms with Gasteiger partial charge in [0.25, 0.3) is 5.91 Å². The Morgan fingerprint density at radius 2 is 2.25 bits per heavy atom. The summed E-state index contributed by atoms with van der Waals surface area (Å²) < 4.78 is 5.10. The van der Waals surface area contributed by atoms with Gasteiger partial charge < -0.3 is 15.8 Å². The van der Waals surface area contributed by atoms with Gasteiger partial charge in [-0.2, -0.15) is 0 Å². The highest BCUT2D eigenvalue weighted by molar-refractivity contribution is 7.11. The van der Waals surface area contributed by atoms with Crippen molar-refractivity contribution in [3.8, 4) is 5.75 Å². The lowest BCUT2D eigenvalue weighted by atomic mass is 10.2. The Balaban J connectivity index is 2.02. The Morgan fingerprint density at radius 3 is 2.90 bits per heavy atom. The van der Waals surface area contributed by atoms with Crippen molar-refractivity contribution in [3.05, 3.63) is 39.8 Å². The molecule has 0 aliphatic heterocycles. The first-order valence-corrected chi connectivity index (χ1v) is 7.10. The summed E-state index contributed by atoms with van der Waals surface area (Å²) in [4.78, 5) is 17.5. The van der Waals surface area contributed by atoms with Crippen molar-refractivity contribution >= 4 is 22.9 Å². The van der Waals surface area contributed by atoms with E-state index in [1.54, 1.807) is 29.5 Å². The van der Waals surface area contributed by atoms with Crippen molar-refractivity contribution in [2.75, 3.05) is 12.8 Å². The highest BCUT2D eigenvalue weighted by Gasteiger charge is 2.09. The van der Waals surface area contributed by atoms with Crippen LogP contribution in [0.5, 0.6) is 5.75 Å². The molecule has 2 aromatic rings. The Bertz CT molecular complexity index is 610. The number of nitrogens with one attached hydrogen (secondary N) is 1. The minimum Gasteiger partial charge on any atom is -0.497 e. The Hall–Kier alpha value is -2.08. The van der Waals surface area contributed by atoms with Gasteiger partial charge in [-0.05, 0) is 18.6 Å². The molecule has 0 radical (unpaired) electrons. The van der Waals surface area contributed by atoms with Crippen LogP contribution < -0.4 is 15.8 Å². The molecule has 1 aromatic heterocycles. The first kappa shape index (κ1) is 14.3. The average Bonchev–Trinajstić information content (AvgIpc) is 2.92. The summed E-state index contributed by atoms with van der Waals surface area (Å²) in [5, 5.41) is 3.72. The SMILES string of the molecule is CCc1cnc(CNC(=O)c2cc(N)cc(OC)c2)s1. The molecule has 0 bridgehead atoms. The van der Waals surface area contributed by atoms with Crippen LogP contribution in [0.25, 0.3) is 0 Å². The Morgan fingerprint density at radius 1 is 1.45 bits per heavy atom. The van der Waals surface area contributed by atoms with Crippen molar-refractivity contribution in [2.24, 2.45) is 0 Å². The number of amides is 1. The number of hydrogen-bond acceptors (Lipinski definition) is 5. The van der Waals surface area contributed by atoms with Crippen LogP contribution in [0, 0.1) is 0 Å². The maximum absolute atomic E-state index is 12.1. The van der Waals surface area contributed by atoms with Crippen LogP contribution in [0.2, 0.25) is 0 Å². The second kappa shape index (κ2) is 6.38. The van der Waals surface area contributed by atoms with E-state index in [-0.39, 0.29) is 5.91 Å². The molecule has 20 heavy (non-hydrogen) atoms. The first-order valence-electron chi connectivity index (χ1n) is 6.28. The number of thiazole rings is 1. The van der Waals surface area contributed by atoms with Gasteiger partial charge >= 0.3 is 0 Å². The smallest absolute Gasteiger partial charge is 0.251 e. The Kier molecular flexibility index (Phi) is 4.57. The summed E-state index contributed by atoms with van der Waals surface area (Å²) in [6, 6.07) is 4.95. The summed E-state index contributed by atoms with van der Waals surface area (Å²) in [6.07, 6.45) is 2.80. The molecule has 0 aliphatic rings. The van der Waals surface area contributed by atoms with Crippen molar-refractivity contribution < 1.29 is 9.53 Å². The first-order chi connectivity index (χ1) is 9.62. The third-order valence-electron chi connectivity index (χ3n) is 2.78. The van der Waals surface area contributed by atoms with Gasteiger partial charge in [0.1, 0.15) is 10.8 Å². The molecule has 106 valence electrons. The van der Waals surface area contributed by atoms with Gasteiger partial charge in [0.05, 0.1) is 13.7 Å². The molecule has 0 saturated carbocycles. The van der Waals surface area contributed by atoms with E-state index in [0.29, 0.717) is 23.5 Å². The number of methoxy groups -OCH3 is 1. The third-order valence-corrected chi connectivity index (χ3v) is 3.92. The molecule has 1 heterocycles. The summed E-state index contributed by atoms with van der Waals surface area (Å²) in [7, 11) is 1.54. The molecule has 6 heteroatoms. The monoisotopic (exact) mass is 291 g/mol. The van der Waals surface area contributed by atoms with Crippen LogP contribution in [-0.4, -0.2) is 18.0 Å². The summed E-state index contributed by atoms with van der Waals surface area (Å²) >= 11 is 1.61. The Labute approximate surface area is 121 Å². The normalized spacial score (nSPS) is 10.3. The van der Waals surface area contributed by atoms with Crippen molar-refractivity contribution in [2.45, 2.75) is 19.9 Å². The van der Waals surface area contributed by atoms with E-state index >= 15 is 0 Å². The highest BCUT2D eigenvalue weighted by atomic mass is 32.1. The number of carbonyl (C=O) groups is 1. The van der Waals surface area contributed by atoms with E-state index in [0.717, 1.165) is 11.4 Å². The van der Waals surface area contributed by atoms with Gasteiger partial charge in [0.15, 0.2) is 0 Å². The van der Waals surface area contributed by atoms with E-state index < -0.39 is 0 Å². The van der Waals surface area contributed by atoms with Gasteiger partial charge in [0.2, 0.25) is 0 Å². The van der Waals surface area contributed by atoms with Gasteiger partial charge in [-0.1, -0.05) is 6.92 Å². The van der Waals surface area contributed by atoms with Gasteiger partial charge in [0, 0.05) is 28.4 Å². The number of benzene rings is 1. The second-order valence-corrected chi connectivity index (χ2v) is 5.45. The zero-order valence-electron chi connectivity index (χ0n) is 11.5. The van der Waals surface area contributed by atoms with E-state index in [4.69, 9.17) is 10.5 Å². The summed E-state index contributed by atoms with van der Waals surface area (Å²) in [5.74, 6) is 0.376. The quantitative estimate of drug-likeness (QED) is 0.828. The van der Waals surface area contributed by atoms with Crippen LogP contribution in [-0.2, 0) is 13.0 Å². The van der Waals surface area contributed by atoms with Gasteiger partial charge in [-0.15, -0.1) is 11.3 Å². The molecule has 0 unspecified atom stereocenters. The zero-order chi connectivity index (χ0) is 14.5. The number of aromatic nitrogens is 1. The number of hydrogen-bond donors (Lipinski definition) is 2. The number of nitrogens with two attached hydrogens (primary N) is 1. The lowest BCUT2D eigenvalue weighted by Crippen LogP contribution is -2.22. The molecular weight excluding hydrogens is 274 g/mol. The van der Waals surface area contributed by atoms with E-state index in [2.05, 4.69) is 17.2 Å². The lowest BCUT2D eigenvalue weighted by Gasteiger charge is -2.07. The van der Waals surface area contributed by atoms with Gasteiger partial charge in [-0.3, -0.25) is 4.79 Å². The second-order valence-electron chi connectivity index (χ2n) is 4.25. The van der Waals surface area contributed by atoms with Gasteiger partial charge in [-0.25, -0.2) is 4.98 Å². The predicted octanol–water partition coefficient (Wildman–Crippen LogP) is 2.23. The largest absolute Gasteiger partial charge is 0.497 e. The zero-order valence-corrected chi connectivity index (χ0v) is 12.3. The van der Waals surface area contributed by atoms with Crippen molar-refractivity contribution in [3.63, 3.8) is 0 Å². The molecule has 2 rings (SSSR count). The number of anilines is 1. The van der Waals surface area contributed by atoms with Crippen molar-refractivity contribution in [1.29, 1.82) is 0 Å². The van der Waals surface area contributed by atoms with Crippen molar-refractivity contribution in [1.82, 2.24) is 10.3 Å². The molecule has 0 spiro atoms. The standard InChI is InChI=1S/C14H17N3O2S/c1-3-12-7-16-13(20-12)8-17-14(18)9-4-10(15)6-11(5-9)19-2/h4-7H,3,8,15H2,1-2H3,(H,17,18). The lowest BCUT2D eigenvalue weighted by molar-refractivity contribution is 0.0950. The molecule has 3 N–H and O–H groups in total. The molecule has 0 aliphatic carbocycles. The molecular formula is C14H17N3O2S. The number of nitrogen functional groups attached to an aromatic ring is 1. The minimum atomic E-state index is -0.191. The fraction of sp³-hybridized carbons (Fsp3) is 0.286. The highest BCUT2D eigenvalue weighted by Crippen LogP contribution is 2.19. The minimum absolute atomic E-state index is 0.191. The van der Waals surface area contributed by atoms with Crippen LogP contribution in [0.15, 0.2) is 24.4 Å². The summed E-state index contributed by atoms with van der Waals surface area (Å²) in [5.41, 5.74) is 6.71. The predicted molar refractivity (Wildman–Crippen MR) is 80.1 cm³/mol. The number of carbonyl (C=O) groups excluding carboxylic acids is 1. The van der Waals surface area contributed by atoms with Crippen LogP contribution >= 0.6 is 11.3 Å². The topological polar surface area (TPSA) is 77.2 Å². The average molecular weight is 291 g/mol. The fourth-order valence-corrected chi connectivity index (χ4v) is 2.52. The number of ether oxygens (including phenoxy) is 1. The molecule has 0 atom stereocenters. The third kappa shape index (κ3) is 3.48. The number of aryl methyl sites for hydroxylation is 1. The molecule has 1 aromatic carbocycles. The molecule has 0 saturated heterocycles. The molecule has 5 nitrogen and oxygen atoms in total. The number of nitrogens with zero attached hydrogens (tertiary/aromatic N) is 1.